The van der Waals surface area contributed by atoms with Crippen LogP contribution in [0.5, 0.6) is 0 Å². The van der Waals surface area contributed by atoms with Crippen molar-refractivity contribution in [3.05, 3.63) is 46.4 Å². The molecule has 0 saturated carbocycles. The van der Waals surface area contributed by atoms with Crippen molar-refractivity contribution in [2.45, 2.75) is 40.0 Å². The first kappa shape index (κ1) is 17.5. The number of unbranched alkanes of at least 4 members (excludes halogenated alkanes) is 1. The minimum Gasteiger partial charge on any atom is -0.378 e. The summed E-state index contributed by atoms with van der Waals surface area (Å²) in [4.78, 5) is 17.4. The molecule has 2 N–H and O–H groups in total. The standard InChI is InChI=1S/C17H24N2OS/c1-4-6-7-15(5-2)21-17(18)19-12-16(20)14-10-8-13(3)9-11-14/h7-11H,4-6,12H2,1-3H3,(H2,18,19)/b15-7+. The number of nitrogens with zero attached hydrogens (tertiary/aromatic N) is 1. The van der Waals surface area contributed by atoms with Gasteiger partial charge in [0.25, 0.3) is 0 Å². The molecule has 0 heterocycles. The zero-order valence-electron chi connectivity index (χ0n) is 13.1. The molecule has 0 amide bonds. The molecule has 4 heteroatoms. The van der Waals surface area contributed by atoms with E-state index in [4.69, 9.17) is 5.73 Å². The first-order valence-electron chi connectivity index (χ1n) is 7.33. The molecule has 3 nitrogen and oxygen atoms in total. The van der Waals surface area contributed by atoms with Crippen molar-refractivity contribution >= 4 is 22.7 Å². The van der Waals surface area contributed by atoms with E-state index in [1.165, 1.54) is 16.7 Å². The zero-order valence-corrected chi connectivity index (χ0v) is 13.9. The number of rotatable bonds is 7. The van der Waals surface area contributed by atoms with Crippen LogP contribution in [0.4, 0.5) is 0 Å². The van der Waals surface area contributed by atoms with Crippen LogP contribution in [-0.2, 0) is 0 Å². The second-order valence-corrected chi connectivity index (χ2v) is 6.01. The van der Waals surface area contributed by atoms with Gasteiger partial charge in [0.15, 0.2) is 11.0 Å². The number of Topliss-reactive ketones (excluding diaryl/α,β-unsaturated/α-hetero) is 1. The van der Waals surface area contributed by atoms with Crippen LogP contribution in [0.25, 0.3) is 0 Å². The van der Waals surface area contributed by atoms with E-state index in [2.05, 4.69) is 24.9 Å². The molecule has 0 bridgehead atoms. The molecule has 0 unspecified atom stereocenters. The van der Waals surface area contributed by atoms with Crippen molar-refractivity contribution in [2.24, 2.45) is 10.7 Å². The zero-order chi connectivity index (χ0) is 15.7. The monoisotopic (exact) mass is 304 g/mol. The Bertz CT molecular complexity index is 518. The summed E-state index contributed by atoms with van der Waals surface area (Å²) >= 11 is 1.46. The molecule has 1 aromatic carbocycles. The number of carbonyl (C=O) groups excluding carboxylic acids is 1. The van der Waals surface area contributed by atoms with Crippen LogP contribution in [0.2, 0.25) is 0 Å². The van der Waals surface area contributed by atoms with Gasteiger partial charge in [0.1, 0.15) is 6.54 Å². The van der Waals surface area contributed by atoms with Crippen molar-refractivity contribution < 1.29 is 4.79 Å². The van der Waals surface area contributed by atoms with Gasteiger partial charge in [0.05, 0.1) is 0 Å². The third kappa shape index (κ3) is 6.63. The highest BCUT2D eigenvalue weighted by molar-refractivity contribution is 8.17. The van der Waals surface area contributed by atoms with Crippen LogP contribution in [-0.4, -0.2) is 17.5 Å². The Hall–Kier alpha value is -1.55. The molecule has 0 aliphatic carbocycles. The van der Waals surface area contributed by atoms with Crippen LogP contribution in [0, 0.1) is 6.92 Å². The maximum absolute atomic E-state index is 12.0. The molecular formula is C17H24N2OS. The van der Waals surface area contributed by atoms with E-state index in [1.807, 2.05) is 31.2 Å². The molecule has 0 atom stereocenters. The van der Waals surface area contributed by atoms with Gasteiger partial charge in [-0.3, -0.25) is 9.79 Å². The van der Waals surface area contributed by atoms with E-state index >= 15 is 0 Å². The average molecular weight is 304 g/mol. The van der Waals surface area contributed by atoms with Crippen LogP contribution in [0.15, 0.2) is 40.2 Å². The first-order valence-corrected chi connectivity index (χ1v) is 8.15. The Kier molecular flexibility index (Phi) is 7.83. The van der Waals surface area contributed by atoms with Gasteiger partial charge < -0.3 is 5.73 Å². The topological polar surface area (TPSA) is 55.4 Å². The number of aliphatic imine (C=N–C) groups is 1. The molecule has 1 rings (SSSR count). The van der Waals surface area contributed by atoms with Gasteiger partial charge in [-0.15, -0.1) is 0 Å². The summed E-state index contributed by atoms with van der Waals surface area (Å²) in [5.74, 6) is -0.00543. The van der Waals surface area contributed by atoms with Gasteiger partial charge in [-0.25, -0.2) is 0 Å². The summed E-state index contributed by atoms with van der Waals surface area (Å²) in [6.07, 6.45) is 5.29. The number of aryl methyl sites for hydroxylation is 1. The molecule has 0 radical (unpaired) electrons. The van der Waals surface area contributed by atoms with Crippen molar-refractivity contribution in [3.63, 3.8) is 0 Å². The quantitative estimate of drug-likeness (QED) is 0.463. The largest absolute Gasteiger partial charge is 0.378 e. The maximum Gasteiger partial charge on any atom is 0.184 e. The highest BCUT2D eigenvalue weighted by atomic mass is 32.2. The summed E-state index contributed by atoms with van der Waals surface area (Å²) in [5, 5.41) is 0.458. The van der Waals surface area contributed by atoms with Crippen LogP contribution < -0.4 is 5.73 Å². The number of nitrogens with two attached hydrogens (primary N) is 1. The van der Waals surface area contributed by atoms with E-state index in [-0.39, 0.29) is 12.3 Å². The Morgan fingerprint density at radius 1 is 1.29 bits per heavy atom. The summed E-state index contributed by atoms with van der Waals surface area (Å²) in [5.41, 5.74) is 7.71. The van der Waals surface area contributed by atoms with Crippen LogP contribution in [0.1, 0.15) is 49.0 Å². The fraction of sp³-hybridized carbons (Fsp3) is 0.412. The molecule has 21 heavy (non-hydrogen) atoms. The molecule has 1 aromatic rings. The first-order chi connectivity index (χ1) is 10.1. The van der Waals surface area contributed by atoms with Crippen molar-refractivity contribution in [3.8, 4) is 0 Å². The lowest BCUT2D eigenvalue weighted by molar-refractivity contribution is 0.100. The minimum absolute atomic E-state index is 0.00543. The molecule has 0 aliphatic heterocycles. The summed E-state index contributed by atoms with van der Waals surface area (Å²) < 4.78 is 0. The third-order valence-corrected chi connectivity index (χ3v) is 4.05. The van der Waals surface area contributed by atoms with Gasteiger partial charge in [0, 0.05) is 5.56 Å². The van der Waals surface area contributed by atoms with Crippen LogP contribution >= 0.6 is 11.8 Å². The fourth-order valence-electron chi connectivity index (χ4n) is 1.71. The van der Waals surface area contributed by atoms with E-state index in [0.717, 1.165) is 24.8 Å². The van der Waals surface area contributed by atoms with E-state index < -0.39 is 0 Å². The normalized spacial score (nSPS) is 12.5. The molecule has 0 aromatic heterocycles. The number of allylic oxidation sites excluding steroid dienone is 2. The minimum atomic E-state index is -0.00543. The number of carbonyl (C=O) groups is 1. The van der Waals surface area contributed by atoms with Gasteiger partial charge >= 0.3 is 0 Å². The predicted octanol–water partition coefficient (Wildman–Crippen LogP) is 4.32. The summed E-state index contributed by atoms with van der Waals surface area (Å²) in [6.45, 7) is 6.34. The van der Waals surface area contributed by atoms with Gasteiger partial charge in [0.2, 0.25) is 0 Å². The smallest absolute Gasteiger partial charge is 0.184 e. The van der Waals surface area contributed by atoms with Crippen molar-refractivity contribution in [2.75, 3.05) is 6.54 Å². The molecule has 0 spiro atoms. The fourth-order valence-corrected chi connectivity index (χ4v) is 2.45. The van der Waals surface area contributed by atoms with E-state index in [1.54, 1.807) is 0 Å². The molecule has 0 saturated heterocycles. The van der Waals surface area contributed by atoms with Crippen LogP contribution in [0.3, 0.4) is 0 Å². The number of hydrogen-bond donors (Lipinski definition) is 1. The molecule has 0 aliphatic rings. The molecule has 0 fully saturated rings. The van der Waals surface area contributed by atoms with E-state index in [0.29, 0.717) is 10.7 Å². The second-order valence-electron chi connectivity index (χ2n) is 4.86. The highest BCUT2D eigenvalue weighted by Gasteiger charge is 2.05. The summed E-state index contributed by atoms with van der Waals surface area (Å²) in [6, 6.07) is 7.51. The van der Waals surface area contributed by atoms with Gasteiger partial charge in [-0.2, -0.15) is 0 Å². The Morgan fingerprint density at radius 3 is 2.52 bits per heavy atom. The lowest BCUT2D eigenvalue weighted by Crippen LogP contribution is -2.11. The number of thioether (sulfide) groups is 1. The number of benzene rings is 1. The van der Waals surface area contributed by atoms with E-state index in [9.17, 15) is 4.79 Å². The Labute approximate surface area is 131 Å². The SMILES string of the molecule is CCC/C=C(\CC)SC(N)=NCC(=O)c1ccc(C)cc1. The third-order valence-electron chi connectivity index (χ3n) is 3.00. The lowest BCUT2D eigenvalue weighted by Gasteiger charge is -2.04. The number of hydrogen-bond acceptors (Lipinski definition) is 3. The maximum atomic E-state index is 12.0. The number of ketones is 1. The number of amidine groups is 1. The van der Waals surface area contributed by atoms with Crippen molar-refractivity contribution in [1.29, 1.82) is 0 Å². The summed E-state index contributed by atoms with van der Waals surface area (Å²) in [7, 11) is 0. The predicted molar refractivity (Wildman–Crippen MR) is 92.9 cm³/mol. The molecule has 114 valence electrons. The highest BCUT2D eigenvalue weighted by Crippen LogP contribution is 2.20. The molecular weight excluding hydrogens is 280 g/mol. The second kappa shape index (κ2) is 9.40. The Balaban J connectivity index is 2.58. The van der Waals surface area contributed by atoms with Gasteiger partial charge in [-0.05, 0) is 24.7 Å². The average Bonchev–Trinajstić information content (AvgIpc) is 2.49. The lowest BCUT2D eigenvalue weighted by atomic mass is 10.1. The van der Waals surface area contributed by atoms with Gasteiger partial charge in [-0.1, -0.05) is 67.9 Å². The Morgan fingerprint density at radius 2 is 1.95 bits per heavy atom. The van der Waals surface area contributed by atoms with Crippen molar-refractivity contribution in [1.82, 2.24) is 0 Å².